The molecule has 2 heterocycles. The van der Waals surface area contributed by atoms with Gasteiger partial charge in [-0.2, -0.15) is 18.3 Å². The van der Waals surface area contributed by atoms with Gasteiger partial charge in [0, 0.05) is 28.1 Å². The van der Waals surface area contributed by atoms with Gasteiger partial charge in [0.05, 0.1) is 10.6 Å². The Morgan fingerprint density at radius 1 is 1.17 bits per heavy atom. The highest BCUT2D eigenvalue weighted by atomic mass is 79.9. The molecule has 0 aliphatic heterocycles. The van der Waals surface area contributed by atoms with Crippen molar-refractivity contribution in [2.45, 2.75) is 31.3 Å². The number of hydrogen-bond acceptors (Lipinski definition) is 4. The molecule has 29 heavy (non-hydrogen) atoms. The third-order valence-corrected chi connectivity index (χ3v) is 6.39. The van der Waals surface area contributed by atoms with Gasteiger partial charge >= 0.3 is 6.18 Å². The molecule has 3 aromatic rings. The van der Waals surface area contributed by atoms with Crippen molar-refractivity contribution < 1.29 is 21.6 Å². The van der Waals surface area contributed by atoms with Gasteiger partial charge in [-0.3, -0.25) is 0 Å². The number of pyridine rings is 1. The van der Waals surface area contributed by atoms with Crippen molar-refractivity contribution in [3.8, 4) is 17.1 Å². The monoisotopic (exact) mass is 487 g/mol. The first-order valence-corrected chi connectivity index (χ1v) is 11.2. The van der Waals surface area contributed by atoms with Crippen LogP contribution >= 0.6 is 15.9 Å². The first kappa shape index (κ1) is 21.5. The minimum Gasteiger partial charge on any atom is -0.236 e. The third-order valence-electron chi connectivity index (χ3n) is 4.40. The summed E-state index contributed by atoms with van der Waals surface area (Å²) in [6, 6.07) is 7.87. The Labute approximate surface area is 174 Å². The molecule has 0 radical (unpaired) electrons. The Kier molecular flexibility index (Phi) is 5.61. The van der Waals surface area contributed by atoms with Crippen LogP contribution in [0.5, 0.6) is 0 Å². The number of alkyl halides is 3. The standard InChI is InChI=1S/C19H17BrF3N3O2S/c1-4-14-17(12-5-7-15(20)11(2)9-12)26(25-18(14)19(21,22)23)16-8-6-13(10-24-16)29(3,27)28/h5-10H,4H2,1-3H3. The molecule has 0 atom stereocenters. The first-order valence-electron chi connectivity index (χ1n) is 8.55. The van der Waals surface area contributed by atoms with Crippen LogP contribution in [0.15, 0.2) is 45.9 Å². The van der Waals surface area contributed by atoms with Crippen molar-refractivity contribution in [1.82, 2.24) is 14.8 Å². The van der Waals surface area contributed by atoms with Crippen LogP contribution in [0.25, 0.3) is 17.1 Å². The zero-order valence-electron chi connectivity index (χ0n) is 15.7. The molecule has 0 N–H and O–H groups in total. The number of sulfone groups is 1. The van der Waals surface area contributed by atoms with Crippen LogP contribution < -0.4 is 0 Å². The summed E-state index contributed by atoms with van der Waals surface area (Å²) >= 11 is 3.39. The van der Waals surface area contributed by atoms with Crippen LogP contribution in [-0.4, -0.2) is 29.4 Å². The van der Waals surface area contributed by atoms with Gasteiger partial charge in [0.25, 0.3) is 0 Å². The van der Waals surface area contributed by atoms with E-state index >= 15 is 0 Å². The molecule has 0 amide bonds. The van der Waals surface area contributed by atoms with E-state index in [9.17, 15) is 21.6 Å². The van der Waals surface area contributed by atoms with Gasteiger partial charge < -0.3 is 0 Å². The highest BCUT2D eigenvalue weighted by Gasteiger charge is 2.39. The van der Waals surface area contributed by atoms with Crippen LogP contribution in [0.2, 0.25) is 0 Å². The second-order valence-corrected chi connectivity index (χ2v) is 9.40. The van der Waals surface area contributed by atoms with Crippen molar-refractivity contribution in [2.75, 3.05) is 6.26 Å². The van der Waals surface area contributed by atoms with Crippen LogP contribution in [-0.2, 0) is 22.4 Å². The summed E-state index contributed by atoms with van der Waals surface area (Å²) in [5.41, 5.74) is 0.749. The molecule has 154 valence electrons. The molecule has 0 unspecified atom stereocenters. The number of nitrogens with zero attached hydrogens (tertiary/aromatic N) is 3. The van der Waals surface area contributed by atoms with Crippen molar-refractivity contribution in [3.05, 3.63) is 57.8 Å². The van der Waals surface area contributed by atoms with Crippen molar-refractivity contribution in [3.63, 3.8) is 0 Å². The van der Waals surface area contributed by atoms with Crippen molar-refractivity contribution >= 4 is 25.8 Å². The van der Waals surface area contributed by atoms with Gasteiger partial charge in [-0.15, -0.1) is 0 Å². The second kappa shape index (κ2) is 7.56. The van der Waals surface area contributed by atoms with E-state index in [1.54, 1.807) is 25.1 Å². The van der Waals surface area contributed by atoms with Gasteiger partial charge in [-0.25, -0.2) is 18.1 Å². The van der Waals surface area contributed by atoms with Crippen LogP contribution in [0.3, 0.4) is 0 Å². The normalized spacial score (nSPS) is 12.4. The first-order chi connectivity index (χ1) is 13.4. The fraction of sp³-hybridized carbons (Fsp3) is 0.263. The summed E-state index contributed by atoms with van der Waals surface area (Å²) in [7, 11) is -3.48. The molecule has 0 spiro atoms. The molecule has 1 aromatic carbocycles. The fourth-order valence-electron chi connectivity index (χ4n) is 2.98. The van der Waals surface area contributed by atoms with E-state index in [1.807, 2.05) is 6.92 Å². The van der Waals surface area contributed by atoms with Gasteiger partial charge in [-0.05, 0) is 43.2 Å². The van der Waals surface area contributed by atoms with Gasteiger partial charge in [-0.1, -0.05) is 28.9 Å². The van der Waals surface area contributed by atoms with E-state index in [2.05, 4.69) is 26.0 Å². The van der Waals surface area contributed by atoms with E-state index in [4.69, 9.17) is 0 Å². The molecule has 5 nitrogen and oxygen atoms in total. The summed E-state index contributed by atoms with van der Waals surface area (Å²) in [6.45, 7) is 3.47. The molecule has 0 aliphatic carbocycles. The molecule has 0 bridgehead atoms. The maximum absolute atomic E-state index is 13.6. The topological polar surface area (TPSA) is 64.8 Å². The maximum atomic E-state index is 13.6. The number of benzene rings is 1. The average Bonchev–Trinajstić information content (AvgIpc) is 3.03. The largest absolute Gasteiger partial charge is 0.435 e. The number of aromatic nitrogens is 3. The fourth-order valence-corrected chi connectivity index (χ4v) is 3.79. The molecular weight excluding hydrogens is 471 g/mol. The molecule has 0 fully saturated rings. The van der Waals surface area contributed by atoms with Crippen LogP contribution in [0.1, 0.15) is 23.7 Å². The molecule has 0 aliphatic rings. The van der Waals surface area contributed by atoms with Crippen molar-refractivity contribution in [2.24, 2.45) is 0 Å². The average molecular weight is 488 g/mol. The van der Waals surface area contributed by atoms with Crippen molar-refractivity contribution in [1.29, 1.82) is 0 Å². The van der Waals surface area contributed by atoms with E-state index in [1.165, 1.54) is 12.1 Å². The lowest BCUT2D eigenvalue weighted by Crippen LogP contribution is -2.10. The van der Waals surface area contributed by atoms with E-state index in [0.717, 1.165) is 27.2 Å². The summed E-state index contributed by atoms with van der Waals surface area (Å²) in [6.07, 6.45) is -2.38. The molecule has 0 saturated carbocycles. The maximum Gasteiger partial charge on any atom is 0.435 e. The lowest BCUT2D eigenvalue weighted by molar-refractivity contribution is -0.141. The minimum absolute atomic E-state index is 0.0267. The van der Waals surface area contributed by atoms with Crippen LogP contribution in [0.4, 0.5) is 13.2 Å². The van der Waals surface area contributed by atoms with Crippen LogP contribution in [0, 0.1) is 6.92 Å². The molecule has 10 heteroatoms. The van der Waals surface area contributed by atoms with Gasteiger partial charge in [0.2, 0.25) is 0 Å². The third kappa shape index (κ3) is 4.23. The Morgan fingerprint density at radius 2 is 1.86 bits per heavy atom. The number of halogens is 4. The molecule has 2 aromatic heterocycles. The van der Waals surface area contributed by atoms with E-state index < -0.39 is 21.7 Å². The summed E-state index contributed by atoms with van der Waals surface area (Å²) in [5, 5.41) is 3.81. The number of rotatable bonds is 4. The zero-order valence-corrected chi connectivity index (χ0v) is 18.2. The Bertz CT molecular complexity index is 1170. The highest BCUT2D eigenvalue weighted by molar-refractivity contribution is 9.10. The smallest absolute Gasteiger partial charge is 0.236 e. The highest BCUT2D eigenvalue weighted by Crippen LogP contribution is 2.38. The van der Waals surface area contributed by atoms with E-state index in [-0.39, 0.29) is 28.4 Å². The Balaban J connectivity index is 2.30. The van der Waals surface area contributed by atoms with Gasteiger partial charge in [0.15, 0.2) is 21.3 Å². The van der Waals surface area contributed by atoms with Gasteiger partial charge in [0.1, 0.15) is 0 Å². The number of hydrogen-bond donors (Lipinski definition) is 0. The number of aryl methyl sites for hydroxylation is 1. The Morgan fingerprint density at radius 3 is 2.34 bits per heavy atom. The summed E-state index contributed by atoms with van der Waals surface area (Å²) in [5.74, 6) is 0.0955. The summed E-state index contributed by atoms with van der Waals surface area (Å²) in [4.78, 5) is 4.03. The minimum atomic E-state index is -4.64. The molecule has 0 saturated heterocycles. The Hall–Kier alpha value is -2.20. The lowest BCUT2D eigenvalue weighted by Gasteiger charge is -2.11. The van der Waals surface area contributed by atoms with E-state index in [0.29, 0.717) is 5.56 Å². The predicted octanol–water partition coefficient (Wildman–Crippen LogP) is 4.99. The quantitative estimate of drug-likeness (QED) is 0.519. The molecular formula is C19H17BrF3N3O2S. The summed E-state index contributed by atoms with van der Waals surface area (Å²) < 4.78 is 66.2. The lowest BCUT2D eigenvalue weighted by atomic mass is 10.0. The zero-order chi connectivity index (χ0) is 21.6. The SMILES string of the molecule is CCc1c(C(F)(F)F)nn(-c2ccc(S(C)(=O)=O)cn2)c1-c1ccc(Br)c(C)c1. The molecule has 3 rings (SSSR count). The second-order valence-electron chi connectivity index (χ2n) is 6.53. The predicted molar refractivity (Wildman–Crippen MR) is 107 cm³/mol.